The third kappa shape index (κ3) is 6.32. The van der Waals surface area contributed by atoms with Crippen LogP contribution in [0.25, 0.3) is 0 Å². The van der Waals surface area contributed by atoms with Crippen LogP contribution in [0.1, 0.15) is 38.2 Å². The van der Waals surface area contributed by atoms with Gasteiger partial charge in [0.15, 0.2) is 0 Å². The highest BCUT2D eigenvalue weighted by atomic mass is 35.5. The van der Waals surface area contributed by atoms with Gasteiger partial charge in [0.25, 0.3) is 0 Å². The summed E-state index contributed by atoms with van der Waals surface area (Å²) in [6.45, 7) is 2.69. The third-order valence-electron chi connectivity index (χ3n) is 2.50. The van der Waals surface area contributed by atoms with Gasteiger partial charge in [-0.25, -0.2) is 0 Å². The molecule has 0 N–H and O–H groups in total. The number of carbonyl (C=O) groups is 1. The summed E-state index contributed by atoms with van der Waals surface area (Å²) in [5.41, 5.74) is 0.899. The number of hydrogen-bond donors (Lipinski definition) is 0. The molecule has 17 heavy (non-hydrogen) atoms. The van der Waals surface area contributed by atoms with Gasteiger partial charge in [-0.1, -0.05) is 49.9 Å². The lowest BCUT2D eigenvalue weighted by Crippen LogP contribution is -2.09. The van der Waals surface area contributed by atoms with Crippen molar-refractivity contribution in [2.45, 2.75) is 39.0 Å². The van der Waals surface area contributed by atoms with Crippen molar-refractivity contribution < 1.29 is 9.53 Å². The van der Waals surface area contributed by atoms with Crippen LogP contribution in [0.2, 0.25) is 5.02 Å². The average Bonchev–Trinajstić information content (AvgIpc) is 2.29. The van der Waals surface area contributed by atoms with E-state index in [2.05, 4.69) is 6.92 Å². The fourth-order valence-electron chi connectivity index (χ4n) is 1.58. The van der Waals surface area contributed by atoms with E-state index in [1.165, 1.54) is 12.8 Å². The number of ether oxygens (including phenoxy) is 1. The van der Waals surface area contributed by atoms with Crippen LogP contribution in [0.3, 0.4) is 0 Å². The Morgan fingerprint density at radius 1 is 1.29 bits per heavy atom. The van der Waals surface area contributed by atoms with E-state index in [-0.39, 0.29) is 5.97 Å². The van der Waals surface area contributed by atoms with E-state index in [1.54, 1.807) is 12.1 Å². The summed E-state index contributed by atoms with van der Waals surface area (Å²) in [6, 6.07) is 7.30. The van der Waals surface area contributed by atoms with Gasteiger partial charge in [-0.3, -0.25) is 4.79 Å². The number of unbranched alkanes of at least 4 members (excludes halogenated alkanes) is 3. The van der Waals surface area contributed by atoms with Gasteiger partial charge in [0.1, 0.15) is 0 Å². The molecule has 0 heterocycles. The van der Waals surface area contributed by atoms with Crippen LogP contribution >= 0.6 is 11.6 Å². The number of carbonyl (C=O) groups excluding carboxylic acids is 1. The van der Waals surface area contributed by atoms with Gasteiger partial charge >= 0.3 is 5.97 Å². The molecule has 0 atom stereocenters. The fraction of sp³-hybridized carbons (Fsp3) is 0.500. The van der Waals surface area contributed by atoms with E-state index in [0.29, 0.717) is 18.1 Å². The van der Waals surface area contributed by atoms with Crippen molar-refractivity contribution >= 4 is 17.6 Å². The second kappa shape index (κ2) is 8.13. The first-order valence-electron chi connectivity index (χ1n) is 6.12. The largest absolute Gasteiger partial charge is 0.465 e. The molecule has 3 heteroatoms. The number of esters is 1. The van der Waals surface area contributed by atoms with Crippen LogP contribution in [0.4, 0.5) is 0 Å². The van der Waals surface area contributed by atoms with E-state index >= 15 is 0 Å². The smallest absolute Gasteiger partial charge is 0.310 e. The van der Waals surface area contributed by atoms with Crippen LogP contribution in [-0.2, 0) is 16.0 Å². The minimum atomic E-state index is -0.177. The summed E-state index contributed by atoms with van der Waals surface area (Å²) < 4.78 is 5.15. The van der Waals surface area contributed by atoms with Crippen LogP contribution in [-0.4, -0.2) is 12.6 Å². The molecule has 0 aromatic heterocycles. The monoisotopic (exact) mass is 254 g/mol. The van der Waals surface area contributed by atoms with Crippen LogP contribution in [0, 0.1) is 0 Å². The molecule has 1 rings (SSSR count). The van der Waals surface area contributed by atoms with Gasteiger partial charge in [-0.05, 0) is 24.1 Å². The van der Waals surface area contributed by atoms with E-state index in [9.17, 15) is 4.79 Å². The summed E-state index contributed by atoms with van der Waals surface area (Å²) in [5, 5.41) is 0.651. The molecule has 0 unspecified atom stereocenters. The Bertz CT molecular complexity index is 350. The highest BCUT2D eigenvalue weighted by molar-refractivity contribution is 6.30. The zero-order valence-electron chi connectivity index (χ0n) is 10.2. The summed E-state index contributed by atoms with van der Waals surface area (Å²) >= 11 is 5.84. The molecule has 0 amide bonds. The van der Waals surface area contributed by atoms with Crippen molar-refractivity contribution in [2.75, 3.05) is 6.61 Å². The van der Waals surface area contributed by atoms with Gasteiger partial charge in [0, 0.05) is 5.02 Å². The summed E-state index contributed by atoms with van der Waals surface area (Å²) in [4.78, 5) is 11.5. The molecule has 0 spiro atoms. The van der Waals surface area contributed by atoms with E-state index < -0.39 is 0 Å². The maximum absolute atomic E-state index is 11.5. The maximum atomic E-state index is 11.5. The minimum Gasteiger partial charge on any atom is -0.465 e. The molecule has 0 saturated carbocycles. The standard InChI is InChI=1S/C14H19ClO2/c1-2-3-4-5-9-17-14(16)11-12-7-6-8-13(15)10-12/h6-8,10H,2-5,9,11H2,1H3. The first-order chi connectivity index (χ1) is 8.22. The third-order valence-corrected chi connectivity index (χ3v) is 2.73. The lowest BCUT2D eigenvalue weighted by atomic mass is 10.1. The fourth-order valence-corrected chi connectivity index (χ4v) is 1.79. The quantitative estimate of drug-likeness (QED) is 0.543. The Morgan fingerprint density at radius 3 is 2.82 bits per heavy atom. The Labute approximate surface area is 108 Å². The van der Waals surface area contributed by atoms with E-state index in [0.717, 1.165) is 18.4 Å². The zero-order valence-corrected chi connectivity index (χ0v) is 11.0. The van der Waals surface area contributed by atoms with Crippen molar-refractivity contribution in [3.05, 3.63) is 34.9 Å². The summed E-state index contributed by atoms with van der Waals surface area (Å²) in [6.07, 6.45) is 4.77. The minimum absolute atomic E-state index is 0.177. The second-order valence-electron chi connectivity index (χ2n) is 4.09. The Hall–Kier alpha value is -1.02. The molecule has 0 fully saturated rings. The zero-order chi connectivity index (χ0) is 12.5. The molecule has 1 aromatic carbocycles. The normalized spacial score (nSPS) is 10.2. The topological polar surface area (TPSA) is 26.3 Å². The summed E-state index contributed by atoms with van der Waals surface area (Å²) in [5.74, 6) is -0.177. The van der Waals surface area contributed by atoms with Gasteiger partial charge < -0.3 is 4.74 Å². The number of hydrogen-bond acceptors (Lipinski definition) is 2. The van der Waals surface area contributed by atoms with Crippen molar-refractivity contribution in [3.8, 4) is 0 Å². The van der Waals surface area contributed by atoms with Crippen molar-refractivity contribution in [1.82, 2.24) is 0 Å². The molecule has 0 radical (unpaired) electrons. The van der Waals surface area contributed by atoms with Crippen LogP contribution in [0.15, 0.2) is 24.3 Å². The maximum Gasteiger partial charge on any atom is 0.310 e. The predicted molar refractivity (Wildman–Crippen MR) is 70.3 cm³/mol. The number of halogens is 1. The van der Waals surface area contributed by atoms with Gasteiger partial charge in [0.05, 0.1) is 13.0 Å². The molecule has 0 aliphatic rings. The molecular formula is C14H19ClO2. The van der Waals surface area contributed by atoms with Crippen LogP contribution in [0.5, 0.6) is 0 Å². The lowest BCUT2D eigenvalue weighted by molar-refractivity contribution is -0.142. The van der Waals surface area contributed by atoms with E-state index in [1.807, 2.05) is 12.1 Å². The highest BCUT2D eigenvalue weighted by Gasteiger charge is 2.04. The van der Waals surface area contributed by atoms with Gasteiger partial charge in [0.2, 0.25) is 0 Å². The summed E-state index contributed by atoms with van der Waals surface area (Å²) in [7, 11) is 0. The SMILES string of the molecule is CCCCCCOC(=O)Cc1cccc(Cl)c1. The number of benzene rings is 1. The molecule has 2 nitrogen and oxygen atoms in total. The predicted octanol–water partition coefficient (Wildman–Crippen LogP) is 4.01. The molecule has 0 bridgehead atoms. The number of rotatable bonds is 7. The van der Waals surface area contributed by atoms with Crippen LogP contribution < -0.4 is 0 Å². The molecule has 94 valence electrons. The molecule has 0 aliphatic heterocycles. The molecule has 1 aromatic rings. The first kappa shape index (κ1) is 14.0. The second-order valence-corrected chi connectivity index (χ2v) is 4.52. The Morgan fingerprint density at radius 2 is 2.12 bits per heavy atom. The van der Waals surface area contributed by atoms with E-state index in [4.69, 9.17) is 16.3 Å². The molecule has 0 saturated heterocycles. The lowest BCUT2D eigenvalue weighted by Gasteiger charge is -2.04. The van der Waals surface area contributed by atoms with Crippen molar-refractivity contribution in [2.24, 2.45) is 0 Å². The average molecular weight is 255 g/mol. The Balaban J connectivity index is 2.21. The Kier molecular flexibility index (Phi) is 6.71. The first-order valence-corrected chi connectivity index (χ1v) is 6.50. The molecule has 0 aliphatic carbocycles. The van der Waals surface area contributed by atoms with Gasteiger partial charge in [-0.15, -0.1) is 0 Å². The van der Waals surface area contributed by atoms with Gasteiger partial charge in [-0.2, -0.15) is 0 Å². The molecular weight excluding hydrogens is 236 g/mol. The van der Waals surface area contributed by atoms with Crippen molar-refractivity contribution in [1.29, 1.82) is 0 Å². The highest BCUT2D eigenvalue weighted by Crippen LogP contribution is 2.11. The van der Waals surface area contributed by atoms with Crippen molar-refractivity contribution in [3.63, 3.8) is 0 Å².